The van der Waals surface area contributed by atoms with Crippen molar-refractivity contribution in [3.8, 4) is 0 Å². The third-order valence-electron chi connectivity index (χ3n) is 4.30. The van der Waals surface area contributed by atoms with E-state index in [1.165, 1.54) is 46.4 Å². The van der Waals surface area contributed by atoms with Gasteiger partial charge in [0.1, 0.15) is 0 Å². The van der Waals surface area contributed by atoms with Crippen molar-refractivity contribution in [2.24, 2.45) is 5.73 Å². The van der Waals surface area contributed by atoms with Gasteiger partial charge in [0.05, 0.1) is 0 Å². The summed E-state index contributed by atoms with van der Waals surface area (Å²) in [6.07, 6.45) is 4.76. The van der Waals surface area contributed by atoms with E-state index in [1.54, 1.807) is 0 Å². The van der Waals surface area contributed by atoms with Gasteiger partial charge in [0, 0.05) is 6.04 Å². The first-order chi connectivity index (χ1) is 10.3. The highest BCUT2D eigenvalue weighted by Crippen LogP contribution is 2.33. The lowest BCUT2D eigenvalue weighted by Crippen LogP contribution is -2.11. The molecule has 1 atom stereocenters. The SMILES string of the molecule is CCCCC[C@H](N)c1c2ccccc2cc2ccccc12. The average molecular weight is 277 g/mol. The van der Waals surface area contributed by atoms with E-state index >= 15 is 0 Å². The van der Waals surface area contributed by atoms with Crippen LogP contribution in [0.3, 0.4) is 0 Å². The summed E-state index contributed by atoms with van der Waals surface area (Å²) in [4.78, 5) is 0. The van der Waals surface area contributed by atoms with E-state index in [-0.39, 0.29) is 6.04 Å². The summed E-state index contributed by atoms with van der Waals surface area (Å²) in [5, 5.41) is 5.19. The first-order valence-corrected chi connectivity index (χ1v) is 7.97. The highest BCUT2D eigenvalue weighted by Gasteiger charge is 2.13. The Kier molecular flexibility index (Phi) is 4.21. The fraction of sp³-hybridized carbons (Fsp3) is 0.300. The van der Waals surface area contributed by atoms with Crippen LogP contribution in [0.2, 0.25) is 0 Å². The quantitative estimate of drug-likeness (QED) is 0.478. The second kappa shape index (κ2) is 6.28. The Balaban J connectivity index is 2.15. The standard InChI is InChI=1S/C20H23N/c1-2-3-4-13-19(21)20-17-11-7-5-9-15(17)14-16-10-6-8-12-18(16)20/h5-12,14,19H,2-4,13,21H2,1H3/t19-/m0/s1. The van der Waals surface area contributed by atoms with E-state index in [0.717, 1.165) is 6.42 Å². The van der Waals surface area contributed by atoms with E-state index in [2.05, 4.69) is 61.5 Å². The summed E-state index contributed by atoms with van der Waals surface area (Å²) in [6, 6.07) is 19.6. The van der Waals surface area contributed by atoms with E-state index in [9.17, 15) is 0 Å². The first kappa shape index (κ1) is 14.1. The van der Waals surface area contributed by atoms with Crippen molar-refractivity contribution >= 4 is 21.5 Å². The number of unbranched alkanes of at least 4 members (excludes halogenated alkanes) is 2. The minimum Gasteiger partial charge on any atom is -0.324 e. The van der Waals surface area contributed by atoms with E-state index < -0.39 is 0 Å². The van der Waals surface area contributed by atoms with Crippen molar-refractivity contribution in [2.75, 3.05) is 0 Å². The molecule has 0 radical (unpaired) electrons. The largest absolute Gasteiger partial charge is 0.324 e. The van der Waals surface area contributed by atoms with Gasteiger partial charge in [-0.05, 0) is 39.6 Å². The van der Waals surface area contributed by atoms with Gasteiger partial charge in [0.2, 0.25) is 0 Å². The maximum absolute atomic E-state index is 6.57. The summed E-state index contributed by atoms with van der Waals surface area (Å²) in [7, 11) is 0. The van der Waals surface area contributed by atoms with Crippen molar-refractivity contribution in [1.29, 1.82) is 0 Å². The monoisotopic (exact) mass is 277 g/mol. The second-order valence-electron chi connectivity index (χ2n) is 5.83. The molecule has 1 nitrogen and oxygen atoms in total. The van der Waals surface area contributed by atoms with Crippen LogP contribution in [0.1, 0.15) is 44.2 Å². The predicted molar refractivity (Wildman–Crippen MR) is 92.5 cm³/mol. The van der Waals surface area contributed by atoms with Crippen molar-refractivity contribution in [3.05, 3.63) is 60.2 Å². The van der Waals surface area contributed by atoms with Crippen LogP contribution < -0.4 is 5.73 Å². The fourth-order valence-electron chi connectivity index (χ4n) is 3.21. The normalized spacial score (nSPS) is 12.9. The average Bonchev–Trinajstić information content (AvgIpc) is 2.52. The minimum absolute atomic E-state index is 0.118. The van der Waals surface area contributed by atoms with Gasteiger partial charge in [-0.2, -0.15) is 0 Å². The van der Waals surface area contributed by atoms with Gasteiger partial charge in [-0.3, -0.25) is 0 Å². The topological polar surface area (TPSA) is 26.0 Å². The number of fused-ring (bicyclic) bond motifs is 2. The summed E-state index contributed by atoms with van der Waals surface area (Å²) < 4.78 is 0. The van der Waals surface area contributed by atoms with Gasteiger partial charge < -0.3 is 5.73 Å². The molecule has 3 aromatic rings. The van der Waals surface area contributed by atoms with Crippen molar-refractivity contribution in [1.82, 2.24) is 0 Å². The molecule has 0 spiro atoms. The Bertz CT molecular complexity index is 691. The molecular formula is C20H23N. The van der Waals surface area contributed by atoms with Gasteiger partial charge in [-0.25, -0.2) is 0 Å². The zero-order chi connectivity index (χ0) is 14.7. The molecule has 0 heterocycles. The van der Waals surface area contributed by atoms with Gasteiger partial charge in [-0.1, -0.05) is 74.7 Å². The van der Waals surface area contributed by atoms with Crippen LogP contribution in [0.4, 0.5) is 0 Å². The third-order valence-corrected chi connectivity index (χ3v) is 4.30. The molecule has 3 aromatic carbocycles. The molecule has 0 saturated carbocycles. The van der Waals surface area contributed by atoms with Crippen LogP contribution in [0.5, 0.6) is 0 Å². The maximum Gasteiger partial charge on any atom is 0.0307 e. The third kappa shape index (κ3) is 2.79. The van der Waals surface area contributed by atoms with Gasteiger partial charge in [0.15, 0.2) is 0 Å². The van der Waals surface area contributed by atoms with Crippen LogP contribution in [-0.4, -0.2) is 0 Å². The molecule has 0 aliphatic rings. The Morgan fingerprint density at radius 3 is 2.00 bits per heavy atom. The summed E-state index contributed by atoms with van der Waals surface area (Å²) >= 11 is 0. The molecule has 3 rings (SSSR count). The molecule has 2 N–H and O–H groups in total. The lowest BCUT2D eigenvalue weighted by molar-refractivity contribution is 0.586. The molecule has 0 aliphatic carbocycles. The van der Waals surface area contributed by atoms with Crippen molar-refractivity contribution in [2.45, 2.75) is 38.6 Å². The minimum atomic E-state index is 0.118. The molecule has 0 bridgehead atoms. The van der Waals surface area contributed by atoms with Crippen LogP contribution in [-0.2, 0) is 0 Å². The Labute approximate surface area is 126 Å². The molecule has 1 heteroatoms. The highest BCUT2D eigenvalue weighted by molar-refractivity contribution is 6.02. The highest BCUT2D eigenvalue weighted by atomic mass is 14.6. The first-order valence-electron chi connectivity index (χ1n) is 7.97. The Morgan fingerprint density at radius 1 is 0.857 bits per heavy atom. The van der Waals surface area contributed by atoms with Crippen LogP contribution in [0, 0.1) is 0 Å². The molecule has 0 fully saturated rings. The lowest BCUT2D eigenvalue weighted by atomic mass is 9.90. The molecule has 108 valence electrons. The predicted octanol–water partition coefficient (Wildman–Crippen LogP) is 5.57. The molecule has 0 unspecified atom stereocenters. The molecule has 0 amide bonds. The molecule has 0 aromatic heterocycles. The van der Waals surface area contributed by atoms with Gasteiger partial charge >= 0.3 is 0 Å². The smallest absolute Gasteiger partial charge is 0.0307 e. The van der Waals surface area contributed by atoms with Crippen molar-refractivity contribution < 1.29 is 0 Å². The maximum atomic E-state index is 6.57. The summed E-state index contributed by atoms with van der Waals surface area (Å²) in [5.74, 6) is 0. The zero-order valence-electron chi connectivity index (χ0n) is 12.7. The number of hydrogen-bond acceptors (Lipinski definition) is 1. The van der Waals surface area contributed by atoms with E-state index in [0.29, 0.717) is 0 Å². The molecule has 21 heavy (non-hydrogen) atoms. The lowest BCUT2D eigenvalue weighted by Gasteiger charge is -2.18. The fourth-order valence-corrected chi connectivity index (χ4v) is 3.21. The number of nitrogens with two attached hydrogens (primary N) is 1. The molecule has 0 aliphatic heterocycles. The molecule has 0 saturated heterocycles. The van der Waals surface area contributed by atoms with Crippen LogP contribution in [0.25, 0.3) is 21.5 Å². The Hall–Kier alpha value is -1.86. The summed E-state index contributed by atoms with van der Waals surface area (Å²) in [6.45, 7) is 2.23. The number of benzene rings is 3. The van der Waals surface area contributed by atoms with Gasteiger partial charge in [0.25, 0.3) is 0 Å². The van der Waals surface area contributed by atoms with E-state index in [1.807, 2.05) is 0 Å². The van der Waals surface area contributed by atoms with Crippen molar-refractivity contribution in [3.63, 3.8) is 0 Å². The number of hydrogen-bond donors (Lipinski definition) is 1. The Morgan fingerprint density at radius 2 is 1.43 bits per heavy atom. The second-order valence-corrected chi connectivity index (χ2v) is 5.83. The van der Waals surface area contributed by atoms with Crippen LogP contribution >= 0.6 is 0 Å². The van der Waals surface area contributed by atoms with Gasteiger partial charge in [-0.15, -0.1) is 0 Å². The zero-order valence-corrected chi connectivity index (χ0v) is 12.7. The summed E-state index contributed by atoms with van der Waals surface area (Å²) in [5.41, 5.74) is 7.89. The number of rotatable bonds is 5. The molecular weight excluding hydrogens is 254 g/mol. The van der Waals surface area contributed by atoms with Crippen LogP contribution in [0.15, 0.2) is 54.6 Å². The van der Waals surface area contributed by atoms with E-state index in [4.69, 9.17) is 5.73 Å².